The predicted octanol–water partition coefficient (Wildman–Crippen LogP) is 2.60. The summed E-state index contributed by atoms with van der Waals surface area (Å²) in [6.45, 7) is 7.16. The molecule has 1 N–H and O–H groups in total. The zero-order chi connectivity index (χ0) is 15.4. The lowest BCUT2D eigenvalue weighted by Gasteiger charge is -2.22. The maximum absolute atomic E-state index is 12.7. The van der Waals surface area contributed by atoms with Gasteiger partial charge in [0.1, 0.15) is 0 Å². The van der Waals surface area contributed by atoms with Crippen LogP contribution in [0.3, 0.4) is 0 Å². The lowest BCUT2D eigenvalue weighted by molar-refractivity contribution is 0.0743. The van der Waals surface area contributed by atoms with Crippen LogP contribution in [-0.2, 0) is 0 Å². The van der Waals surface area contributed by atoms with Gasteiger partial charge in [-0.1, -0.05) is 24.8 Å². The predicted molar refractivity (Wildman–Crippen MR) is 84.0 cm³/mol. The summed E-state index contributed by atoms with van der Waals surface area (Å²) >= 11 is 0. The minimum Gasteiger partial charge on any atom is -0.395 e. The van der Waals surface area contributed by atoms with Gasteiger partial charge in [-0.2, -0.15) is 0 Å². The molecule has 3 nitrogen and oxygen atoms in total. The Labute approximate surface area is 127 Å². The summed E-state index contributed by atoms with van der Waals surface area (Å²) in [6.07, 6.45) is 1.53. The van der Waals surface area contributed by atoms with Gasteiger partial charge in [0, 0.05) is 30.1 Å². The van der Waals surface area contributed by atoms with Gasteiger partial charge in [-0.3, -0.25) is 4.79 Å². The molecule has 2 rings (SSSR count). The highest BCUT2D eigenvalue weighted by molar-refractivity contribution is 5.96. The largest absolute Gasteiger partial charge is 0.395 e. The number of hydrogen-bond donors (Lipinski definition) is 1. The molecule has 0 aromatic heterocycles. The van der Waals surface area contributed by atoms with Crippen molar-refractivity contribution < 1.29 is 9.90 Å². The maximum Gasteiger partial charge on any atom is 0.254 e. The number of carbonyl (C=O) groups is 1. The molecule has 1 amide bonds. The fourth-order valence-corrected chi connectivity index (χ4v) is 2.89. The molecule has 0 aliphatic carbocycles. The maximum atomic E-state index is 12.7. The van der Waals surface area contributed by atoms with Gasteiger partial charge in [0.15, 0.2) is 0 Å². The van der Waals surface area contributed by atoms with Crippen LogP contribution in [0.5, 0.6) is 0 Å². The fourth-order valence-electron chi connectivity index (χ4n) is 2.89. The molecule has 0 bridgehead atoms. The highest BCUT2D eigenvalue weighted by atomic mass is 16.2. The van der Waals surface area contributed by atoms with E-state index in [4.69, 9.17) is 5.11 Å². The number of rotatable bonds is 2. The normalized spacial score (nSPS) is 21.0. The highest BCUT2D eigenvalue weighted by Gasteiger charge is 2.31. The van der Waals surface area contributed by atoms with Gasteiger partial charge >= 0.3 is 0 Å². The quantitative estimate of drug-likeness (QED) is 0.849. The molecule has 1 fully saturated rings. The van der Waals surface area contributed by atoms with E-state index in [2.05, 4.69) is 25.7 Å². The Balaban J connectivity index is 2.24. The molecule has 1 aromatic carbocycles. The Morgan fingerprint density at radius 2 is 2.19 bits per heavy atom. The summed E-state index contributed by atoms with van der Waals surface area (Å²) in [6, 6.07) is 6.04. The lowest BCUT2D eigenvalue weighted by atomic mass is 10.0. The molecule has 21 heavy (non-hydrogen) atoms. The molecule has 1 heterocycles. The molecule has 1 aliphatic heterocycles. The van der Waals surface area contributed by atoms with Crippen LogP contribution in [0.25, 0.3) is 0 Å². The van der Waals surface area contributed by atoms with Crippen molar-refractivity contribution in [1.82, 2.24) is 4.90 Å². The first kappa shape index (κ1) is 15.6. The number of nitrogens with zero attached hydrogens (tertiary/aromatic N) is 1. The molecule has 1 saturated heterocycles. The molecule has 1 aromatic rings. The standard InChI is InChI=1S/C18H23NO2/c1-13-10-15(3)19(12-13)18(21)17-11-16(6-4-5-9-20)8-7-14(17)2/h7-8,11,13,15,20H,5,9-10,12H2,1-3H3. The summed E-state index contributed by atoms with van der Waals surface area (Å²) in [5, 5.41) is 8.77. The Kier molecular flexibility index (Phi) is 5.03. The van der Waals surface area contributed by atoms with Crippen molar-refractivity contribution in [2.75, 3.05) is 13.2 Å². The average molecular weight is 285 g/mol. The van der Waals surface area contributed by atoms with Crippen LogP contribution in [0.4, 0.5) is 0 Å². The van der Waals surface area contributed by atoms with Crippen LogP contribution in [0, 0.1) is 24.7 Å². The van der Waals surface area contributed by atoms with Crippen LogP contribution in [-0.4, -0.2) is 35.1 Å². The second kappa shape index (κ2) is 6.78. The van der Waals surface area contributed by atoms with Crippen molar-refractivity contribution in [3.8, 4) is 11.8 Å². The minimum absolute atomic E-state index is 0.0633. The fraction of sp³-hybridized carbons (Fsp3) is 0.500. The number of amides is 1. The van der Waals surface area contributed by atoms with Crippen LogP contribution in [0.2, 0.25) is 0 Å². The van der Waals surface area contributed by atoms with Crippen molar-refractivity contribution in [2.45, 2.75) is 39.7 Å². The van der Waals surface area contributed by atoms with E-state index in [0.717, 1.165) is 29.7 Å². The molecule has 2 atom stereocenters. The summed E-state index contributed by atoms with van der Waals surface area (Å²) < 4.78 is 0. The van der Waals surface area contributed by atoms with Crippen LogP contribution in [0.15, 0.2) is 18.2 Å². The van der Waals surface area contributed by atoms with Gasteiger partial charge in [0.2, 0.25) is 0 Å². The minimum atomic E-state index is 0.0633. The number of aliphatic hydroxyl groups is 1. The van der Waals surface area contributed by atoms with Crippen LogP contribution in [0.1, 0.15) is 48.2 Å². The van der Waals surface area contributed by atoms with E-state index in [0.29, 0.717) is 18.4 Å². The number of aliphatic hydroxyl groups excluding tert-OH is 1. The van der Waals surface area contributed by atoms with Gasteiger partial charge in [-0.05, 0) is 43.9 Å². The van der Waals surface area contributed by atoms with Gasteiger partial charge in [-0.15, -0.1) is 0 Å². The first-order valence-electron chi connectivity index (χ1n) is 7.54. The van der Waals surface area contributed by atoms with Crippen LogP contribution < -0.4 is 0 Å². The lowest BCUT2D eigenvalue weighted by Crippen LogP contribution is -2.34. The Morgan fingerprint density at radius 3 is 2.81 bits per heavy atom. The molecule has 112 valence electrons. The molecular weight excluding hydrogens is 262 g/mol. The van der Waals surface area contributed by atoms with E-state index in [1.807, 2.05) is 30.0 Å². The third-order valence-electron chi connectivity index (χ3n) is 3.98. The van der Waals surface area contributed by atoms with Crippen molar-refractivity contribution in [2.24, 2.45) is 5.92 Å². The van der Waals surface area contributed by atoms with Crippen LogP contribution >= 0.6 is 0 Å². The van der Waals surface area contributed by atoms with Crippen molar-refractivity contribution in [1.29, 1.82) is 0 Å². The topological polar surface area (TPSA) is 40.5 Å². The molecule has 0 radical (unpaired) electrons. The monoisotopic (exact) mass is 285 g/mol. The van der Waals surface area contributed by atoms with Crippen molar-refractivity contribution in [3.05, 3.63) is 34.9 Å². The Bertz CT molecular complexity index is 583. The second-order valence-corrected chi connectivity index (χ2v) is 5.95. The van der Waals surface area contributed by atoms with Gasteiger partial charge in [-0.25, -0.2) is 0 Å². The molecule has 0 spiro atoms. The molecule has 1 aliphatic rings. The third kappa shape index (κ3) is 3.65. The number of benzene rings is 1. The van der Waals surface area contributed by atoms with Gasteiger partial charge in [0.25, 0.3) is 5.91 Å². The number of carbonyl (C=O) groups excluding carboxylic acids is 1. The number of likely N-dealkylation sites (tertiary alicyclic amines) is 1. The molecule has 0 saturated carbocycles. The van der Waals surface area contributed by atoms with Crippen molar-refractivity contribution in [3.63, 3.8) is 0 Å². The zero-order valence-electron chi connectivity index (χ0n) is 13.0. The molecular formula is C18H23NO2. The van der Waals surface area contributed by atoms with E-state index in [9.17, 15) is 4.79 Å². The van der Waals surface area contributed by atoms with E-state index in [-0.39, 0.29) is 12.5 Å². The Hall–Kier alpha value is -1.79. The highest BCUT2D eigenvalue weighted by Crippen LogP contribution is 2.25. The number of aryl methyl sites for hydroxylation is 1. The summed E-state index contributed by atoms with van der Waals surface area (Å²) in [5.74, 6) is 6.57. The first-order valence-corrected chi connectivity index (χ1v) is 7.54. The molecule has 2 unspecified atom stereocenters. The summed E-state index contributed by atoms with van der Waals surface area (Å²) in [7, 11) is 0. The van der Waals surface area contributed by atoms with Gasteiger partial charge in [0.05, 0.1) is 6.61 Å². The second-order valence-electron chi connectivity index (χ2n) is 5.95. The number of hydrogen-bond acceptors (Lipinski definition) is 2. The SMILES string of the molecule is Cc1ccc(C#CCCO)cc1C(=O)N1CC(C)CC1C. The van der Waals surface area contributed by atoms with Gasteiger partial charge < -0.3 is 10.0 Å². The van der Waals surface area contributed by atoms with E-state index < -0.39 is 0 Å². The first-order chi connectivity index (χ1) is 10.0. The van der Waals surface area contributed by atoms with E-state index in [1.54, 1.807) is 0 Å². The van der Waals surface area contributed by atoms with E-state index >= 15 is 0 Å². The Morgan fingerprint density at radius 1 is 1.43 bits per heavy atom. The van der Waals surface area contributed by atoms with E-state index in [1.165, 1.54) is 0 Å². The summed E-state index contributed by atoms with van der Waals surface area (Å²) in [5.41, 5.74) is 2.56. The third-order valence-corrected chi connectivity index (χ3v) is 3.98. The summed E-state index contributed by atoms with van der Waals surface area (Å²) in [4.78, 5) is 14.7. The molecule has 3 heteroatoms. The average Bonchev–Trinajstić information content (AvgIpc) is 2.79. The van der Waals surface area contributed by atoms with Crippen molar-refractivity contribution >= 4 is 5.91 Å². The zero-order valence-corrected chi connectivity index (χ0v) is 13.0. The smallest absolute Gasteiger partial charge is 0.254 e.